The molecule has 2 amide bonds. The van der Waals surface area contributed by atoms with Crippen LogP contribution in [0.2, 0.25) is 0 Å². The molecule has 0 heterocycles. The van der Waals surface area contributed by atoms with E-state index in [1.54, 1.807) is 25.1 Å². The maximum absolute atomic E-state index is 13.9. The van der Waals surface area contributed by atoms with Crippen LogP contribution >= 0.6 is 0 Å². The smallest absolute Gasteiger partial charge is 0.264 e. The Hall–Kier alpha value is -3.79. The van der Waals surface area contributed by atoms with Gasteiger partial charge in [0.15, 0.2) is 0 Å². The third kappa shape index (κ3) is 7.86. The van der Waals surface area contributed by atoms with E-state index >= 15 is 0 Å². The molecule has 0 spiro atoms. The number of hydrogen-bond donors (Lipinski definition) is 1. The van der Waals surface area contributed by atoms with Gasteiger partial charge < -0.3 is 10.2 Å². The minimum Gasteiger partial charge on any atom is -0.354 e. The summed E-state index contributed by atoms with van der Waals surface area (Å²) in [5.41, 5.74) is 0.666. The molecule has 0 fully saturated rings. The topological polar surface area (TPSA) is 86.8 Å². The highest BCUT2D eigenvalue weighted by molar-refractivity contribution is 7.92. The number of benzene rings is 3. The van der Waals surface area contributed by atoms with Crippen LogP contribution in [0.5, 0.6) is 0 Å². The Morgan fingerprint density at radius 3 is 2.03 bits per heavy atom. The first-order chi connectivity index (χ1) is 18.7. The molecule has 1 unspecified atom stereocenters. The number of halogens is 2. The van der Waals surface area contributed by atoms with Gasteiger partial charge >= 0.3 is 0 Å². The predicted octanol–water partition coefficient (Wildman–Crippen LogP) is 4.88. The quantitative estimate of drug-likeness (QED) is 0.304. The molecule has 39 heavy (non-hydrogen) atoms. The van der Waals surface area contributed by atoms with Crippen LogP contribution in [-0.2, 0) is 26.2 Å². The van der Waals surface area contributed by atoms with E-state index in [2.05, 4.69) is 5.32 Å². The Morgan fingerprint density at radius 1 is 0.872 bits per heavy atom. The molecule has 1 N–H and O–H groups in total. The fourth-order valence-corrected chi connectivity index (χ4v) is 5.50. The van der Waals surface area contributed by atoms with Crippen LogP contribution in [0, 0.1) is 11.6 Å². The van der Waals surface area contributed by atoms with Crippen LogP contribution in [0.3, 0.4) is 0 Å². The number of amides is 2. The number of carbonyl (C=O) groups is 2. The lowest BCUT2D eigenvalue weighted by Crippen LogP contribution is -2.52. The summed E-state index contributed by atoms with van der Waals surface area (Å²) in [6, 6.07) is 17.0. The van der Waals surface area contributed by atoms with Crippen molar-refractivity contribution in [3.63, 3.8) is 0 Å². The highest BCUT2D eigenvalue weighted by atomic mass is 32.2. The molecule has 0 saturated carbocycles. The zero-order chi connectivity index (χ0) is 28.4. The van der Waals surface area contributed by atoms with Gasteiger partial charge in [-0.15, -0.1) is 0 Å². The van der Waals surface area contributed by atoms with Crippen LogP contribution in [0.4, 0.5) is 14.5 Å². The maximum atomic E-state index is 13.9. The van der Waals surface area contributed by atoms with Crippen molar-refractivity contribution < 1.29 is 26.8 Å². The molecule has 0 bridgehead atoms. The summed E-state index contributed by atoms with van der Waals surface area (Å²) in [6.45, 7) is 3.51. The van der Waals surface area contributed by atoms with Crippen LogP contribution in [0.1, 0.15) is 38.7 Å². The van der Waals surface area contributed by atoms with Crippen molar-refractivity contribution in [1.29, 1.82) is 0 Å². The largest absolute Gasteiger partial charge is 0.354 e. The van der Waals surface area contributed by atoms with Gasteiger partial charge in [0.1, 0.15) is 24.2 Å². The molecule has 3 aromatic rings. The van der Waals surface area contributed by atoms with Crippen molar-refractivity contribution in [2.45, 2.75) is 50.6 Å². The van der Waals surface area contributed by atoms with Gasteiger partial charge in [0.05, 0.1) is 10.6 Å². The number of hydrogen-bond acceptors (Lipinski definition) is 4. The van der Waals surface area contributed by atoms with Gasteiger partial charge in [0.25, 0.3) is 10.0 Å². The molecule has 208 valence electrons. The second-order valence-electron chi connectivity index (χ2n) is 9.02. The van der Waals surface area contributed by atoms with Gasteiger partial charge in [0.2, 0.25) is 11.8 Å². The number of unbranched alkanes of at least 4 members (excludes halogenated alkanes) is 1. The normalized spacial score (nSPS) is 12.0. The lowest BCUT2D eigenvalue weighted by atomic mass is 10.1. The van der Waals surface area contributed by atoms with Crippen molar-refractivity contribution in [3.05, 3.63) is 96.1 Å². The van der Waals surface area contributed by atoms with Gasteiger partial charge in [-0.2, -0.15) is 0 Å². The SMILES string of the molecule is CCCCNC(=O)C(CC)N(Cc1ccc(F)cc1)C(=O)CN(c1ccc(F)cc1)S(=O)(=O)c1ccccc1. The summed E-state index contributed by atoms with van der Waals surface area (Å²) in [4.78, 5) is 28.2. The second kappa shape index (κ2) is 13.8. The van der Waals surface area contributed by atoms with Crippen molar-refractivity contribution in [2.24, 2.45) is 0 Å². The molecule has 1 atom stereocenters. The van der Waals surface area contributed by atoms with Crippen LogP contribution in [-0.4, -0.2) is 44.3 Å². The first-order valence-electron chi connectivity index (χ1n) is 12.8. The number of rotatable bonds is 13. The van der Waals surface area contributed by atoms with E-state index in [-0.39, 0.29) is 29.5 Å². The zero-order valence-corrected chi connectivity index (χ0v) is 22.8. The summed E-state index contributed by atoms with van der Waals surface area (Å²) in [5, 5.41) is 2.85. The number of anilines is 1. The first-order valence-corrected chi connectivity index (χ1v) is 14.3. The van der Waals surface area contributed by atoms with Gasteiger partial charge in [-0.1, -0.05) is 50.6 Å². The Balaban J connectivity index is 2.01. The Bertz CT molecular complexity index is 1340. The fourth-order valence-electron chi connectivity index (χ4n) is 4.07. The number of nitrogens with one attached hydrogen (secondary N) is 1. The number of nitrogens with zero attached hydrogens (tertiary/aromatic N) is 2. The van der Waals surface area contributed by atoms with Crippen molar-refractivity contribution in [2.75, 3.05) is 17.4 Å². The Morgan fingerprint density at radius 2 is 1.46 bits per heavy atom. The molecular weight excluding hydrogens is 524 g/mol. The second-order valence-corrected chi connectivity index (χ2v) is 10.9. The van der Waals surface area contributed by atoms with Crippen molar-refractivity contribution in [1.82, 2.24) is 10.2 Å². The summed E-state index contributed by atoms with van der Waals surface area (Å²) < 4.78 is 55.5. The molecule has 0 aliphatic carbocycles. The maximum Gasteiger partial charge on any atom is 0.264 e. The van der Waals surface area contributed by atoms with Crippen molar-refractivity contribution in [3.8, 4) is 0 Å². The Labute approximate surface area is 228 Å². The van der Waals surface area contributed by atoms with Gasteiger partial charge in [-0.05, 0) is 66.9 Å². The molecule has 7 nitrogen and oxygen atoms in total. The van der Waals surface area contributed by atoms with Crippen LogP contribution in [0.15, 0.2) is 83.8 Å². The van der Waals surface area contributed by atoms with E-state index in [1.165, 1.54) is 53.4 Å². The van der Waals surface area contributed by atoms with E-state index in [0.29, 0.717) is 12.1 Å². The molecule has 0 radical (unpaired) electrons. The summed E-state index contributed by atoms with van der Waals surface area (Å²) in [7, 11) is -4.23. The monoisotopic (exact) mass is 557 g/mol. The summed E-state index contributed by atoms with van der Waals surface area (Å²) in [5.74, 6) is -2.01. The first kappa shape index (κ1) is 29.8. The van der Waals surface area contributed by atoms with E-state index in [1.807, 2.05) is 6.92 Å². The van der Waals surface area contributed by atoms with E-state index < -0.39 is 40.2 Å². The lowest BCUT2D eigenvalue weighted by molar-refractivity contribution is -0.140. The molecule has 0 saturated heterocycles. The van der Waals surface area contributed by atoms with E-state index in [4.69, 9.17) is 0 Å². The molecule has 3 aromatic carbocycles. The third-order valence-electron chi connectivity index (χ3n) is 6.21. The standard InChI is InChI=1S/C29H33F2N3O4S/c1-3-5-19-32-29(36)27(4-2)33(20-22-11-13-23(30)14-12-22)28(35)21-34(25-17-15-24(31)16-18-25)39(37,38)26-9-7-6-8-10-26/h6-18,27H,3-5,19-21H2,1-2H3,(H,32,36). The number of carbonyl (C=O) groups excluding carboxylic acids is 2. The highest BCUT2D eigenvalue weighted by Gasteiger charge is 2.33. The zero-order valence-electron chi connectivity index (χ0n) is 22.0. The molecule has 0 aromatic heterocycles. The van der Waals surface area contributed by atoms with Crippen LogP contribution < -0.4 is 9.62 Å². The van der Waals surface area contributed by atoms with Crippen molar-refractivity contribution >= 4 is 27.5 Å². The minimum atomic E-state index is -4.23. The van der Waals surface area contributed by atoms with Gasteiger partial charge in [0, 0.05) is 13.1 Å². The average molecular weight is 558 g/mol. The average Bonchev–Trinajstić information content (AvgIpc) is 2.93. The minimum absolute atomic E-state index is 0.0402. The molecule has 0 aliphatic rings. The third-order valence-corrected chi connectivity index (χ3v) is 7.99. The molecular formula is C29H33F2N3O4S. The fraction of sp³-hybridized carbons (Fsp3) is 0.310. The van der Waals surface area contributed by atoms with Gasteiger partial charge in [-0.3, -0.25) is 13.9 Å². The highest BCUT2D eigenvalue weighted by Crippen LogP contribution is 2.25. The Kier molecular flexibility index (Phi) is 10.6. The molecule has 10 heteroatoms. The van der Waals surface area contributed by atoms with Crippen LogP contribution in [0.25, 0.3) is 0 Å². The summed E-state index contributed by atoms with van der Waals surface area (Å²) in [6.07, 6.45) is 1.91. The molecule has 0 aliphatic heterocycles. The van der Waals surface area contributed by atoms with Gasteiger partial charge in [-0.25, -0.2) is 17.2 Å². The number of sulfonamides is 1. The lowest BCUT2D eigenvalue weighted by Gasteiger charge is -2.33. The van der Waals surface area contributed by atoms with E-state index in [0.717, 1.165) is 29.3 Å². The predicted molar refractivity (Wildman–Crippen MR) is 146 cm³/mol. The summed E-state index contributed by atoms with van der Waals surface area (Å²) >= 11 is 0. The molecule has 3 rings (SSSR count). The van der Waals surface area contributed by atoms with E-state index in [9.17, 15) is 26.8 Å².